The summed E-state index contributed by atoms with van der Waals surface area (Å²) in [5.74, 6) is 1.76. The molecule has 4 heteroatoms. The van der Waals surface area contributed by atoms with Gasteiger partial charge in [0.05, 0.1) is 5.92 Å². The summed E-state index contributed by atoms with van der Waals surface area (Å²) < 4.78 is 5.74. The van der Waals surface area contributed by atoms with Crippen molar-refractivity contribution in [2.75, 3.05) is 33.3 Å². The maximum Gasteiger partial charge on any atom is 0.229 e. The number of para-hydroxylation sites is 1. The van der Waals surface area contributed by atoms with Crippen molar-refractivity contribution in [3.8, 4) is 5.75 Å². The summed E-state index contributed by atoms with van der Waals surface area (Å²) in [7, 11) is 1.94. The molecule has 0 aliphatic carbocycles. The molecule has 2 aliphatic heterocycles. The Balaban J connectivity index is 1.58. The van der Waals surface area contributed by atoms with Gasteiger partial charge in [0, 0.05) is 13.6 Å². The second-order valence-electron chi connectivity index (χ2n) is 6.23. The van der Waals surface area contributed by atoms with Gasteiger partial charge in [-0.2, -0.15) is 0 Å². The summed E-state index contributed by atoms with van der Waals surface area (Å²) in [6, 6.07) is 8.02. The van der Waals surface area contributed by atoms with Crippen molar-refractivity contribution in [3.05, 3.63) is 29.8 Å². The summed E-state index contributed by atoms with van der Waals surface area (Å²) >= 11 is 0. The maximum atomic E-state index is 12.6. The molecular weight excluding hydrogens is 264 g/mol. The van der Waals surface area contributed by atoms with E-state index in [1.165, 1.54) is 12.8 Å². The molecule has 1 aromatic carbocycles. The summed E-state index contributed by atoms with van der Waals surface area (Å²) in [4.78, 5) is 14.5. The number of hydrogen-bond acceptors (Lipinski definition) is 3. The minimum atomic E-state index is -0.0355. The lowest BCUT2D eigenvalue weighted by molar-refractivity contribution is -0.136. The van der Waals surface area contributed by atoms with Crippen LogP contribution in [0.2, 0.25) is 0 Å². The fourth-order valence-electron chi connectivity index (χ4n) is 3.34. The van der Waals surface area contributed by atoms with Crippen LogP contribution in [-0.4, -0.2) is 44.1 Å². The molecule has 114 valence electrons. The summed E-state index contributed by atoms with van der Waals surface area (Å²) in [6.45, 7) is 3.53. The molecule has 1 aromatic rings. The van der Waals surface area contributed by atoms with E-state index in [0.717, 1.165) is 37.4 Å². The van der Waals surface area contributed by atoms with E-state index < -0.39 is 0 Å². The Hall–Kier alpha value is -1.55. The molecule has 1 atom stereocenters. The first-order valence-electron chi connectivity index (χ1n) is 7.90. The first-order chi connectivity index (χ1) is 10.2. The van der Waals surface area contributed by atoms with Gasteiger partial charge in [0.15, 0.2) is 0 Å². The van der Waals surface area contributed by atoms with Crippen LogP contribution in [-0.2, 0) is 11.2 Å². The molecular formula is C17H24N2O2. The molecule has 21 heavy (non-hydrogen) atoms. The molecule has 0 saturated carbocycles. The van der Waals surface area contributed by atoms with Crippen LogP contribution in [0.15, 0.2) is 24.3 Å². The van der Waals surface area contributed by atoms with Crippen LogP contribution in [0.1, 0.15) is 18.4 Å². The van der Waals surface area contributed by atoms with Crippen LogP contribution in [0, 0.1) is 11.8 Å². The highest BCUT2D eigenvalue weighted by Crippen LogP contribution is 2.27. The average molecular weight is 288 g/mol. The first-order valence-corrected chi connectivity index (χ1v) is 7.90. The number of carbonyl (C=O) groups excluding carboxylic acids is 1. The van der Waals surface area contributed by atoms with E-state index in [1.54, 1.807) is 0 Å². The van der Waals surface area contributed by atoms with Crippen molar-refractivity contribution in [3.63, 3.8) is 0 Å². The minimum Gasteiger partial charge on any atom is -0.492 e. The molecule has 1 saturated heterocycles. The van der Waals surface area contributed by atoms with E-state index in [1.807, 2.05) is 30.1 Å². The van der Waals surface area contributed by atoms with E-state index >= 15 is 0 Å². The van der Waals surface area contributed by atoms with E-state index in [-0.39, 0.29) is 11.8 Å². The number of nitrogens with zero attached hydrogens (tertiary/aromatic N) is 1. The van der Waals surface area contributed by atoms with E-state index in [9.17, 15) is 4.79 Å². The molecule has 0 bridgehead atoms. The summed E-state index contributed by atoms with van der Waals surface area (Å²) in [5.41, 5.74) is 1.15. The number of benzene rings is 1. The van der Waals surface area contributed by atoms with Crippen LogP contribution in [0.3, 0.4) is 0 Å². The fraction of sp³-hybridized carbons (Fsp3) is 0.588. The Morgan fingerprint density at radius 2 is 2.10 bits per heavy atom. The highest BCUT2D eigenvalue weighted by atomic mass is 16.5. The lowest BCUT2D eigenvalue weighted by Gasteiger charge is -2.31. The Morgan fingerprint density at radius 3 is 2.90 bits per heavy atom. The van der Waals surface area contributed by atoms with E-state index in [0.29, 0.717) is 12.5 Å². The third kappa shape index (κ3) is 3.38. The number of rotatable bonds is 3. The van der Waals surface area contributed by atoms with Gasteiger partial charge in [-0.15, -0.1) is 0 Å². The number of nitrogens with one attached hydrogen (secondary N) is 1. The van der Waals surface area contributed by atoms with Gasteiger partial charge in [-0.05, 0) is 49.9 Å². The molecule has 1 N–H and O–H groups in total. The second kappa shape index (κ2) is 6.48. The van der Waals surface area contributed by atoms with Gasteiger partial charge in [0.2, 0.25) is 5.91 Å². The Bertz CT molecular complexity index is 497. The smallest absolute Gasteiger partial charge is 0.229 e. The van der Waals surface area contributed by atoms with Crippen LogP contribution in [0.4, 0.5) is 0 Å². The SMILES string of the molecule is CN(CC1CCNCC1)C(=O)C1COc2ccccc2C1. The largest absolute Gasteiger partial charge is 0.492 e. The number of fused-ring (bicyclic) bond motifs is 1. The lowest BCUT2D eigenvalue weighted by Crippen LogP contribution is -2.42. The molecule has 1 unspecified atom stereocenters. The average Bonchev–Trinajstić information content (AvgIpc) is 2.54. The number of hydrogen-bond donors (Lipinski definition) is 1. The highest BCUT2D eigenvalue weighted by Gasteiger charge is 2.29. The number of amides is 1. The van der Waals surface area contributed by atoms with Crippen molar-refractivity contribution in [1.29, 1.82) is 0 Å². The standard InChI is InChI=1S/C17H24N2O2/c1-19(11-13-6-8-18-9-7-13)17(20)15-10-14-4-2-3-5-16(14)21-12-15/h2-5,13,15,18H,6-12H2,1H3. The van der Waals surface area contributed by atoms with Gasteiger partial charge in [-0.1, -0.05) is 18.2 Å². The zero-order chi connectivity index (χ0) is 14.7. The van der Waals surface area contributed by atoms with Crippen molar-refractivity contribution >= 4 is 5.91 Å². The fourth-order valence-corrected chi connectivity index (χ4v) is 3.34. The monoisotopic (exact) mass is 288 g/mol. The van der Waals surface area contributed by atoms with Gasteiger partial charge >= 0.3 is 0 Å². The Morgan fingerprint density at radius 1 is 1.33 bits per heavy atom. The molecule has 3 rings (SSSR count). The zero-order valence-electron chi connectivity index (χ0n) is 12.7. The normalized spacial score (nSPS) is 22.2. The predicted octanol–water partition coefficient (Wildman–Crippen LogP) is 1.70. The van der Waals surface area contributed by atoms with Crippen LogP contribution in [0.25, 0.3) is 0 Å². The first kappa shape index (κ1) is 14.4. The number of ether oxygens (including phenoxy) is 1. The van der Waals surface area contributed by atoms with E-state index in [2.05, 4.69) is 11.4 Å². The van der Waals surface area contributed by atoms with E-state index in [4.69, 9.17) is 4.74 Å². The van der Waals surface area contributed by atoms with Gasteiger partial charge in [-0.3, -0.25) is 4.79 Å². The number of piperidine rings is 1. The number of carbonyl (C=O) groups is 1. The van der Waals surface area contributed by atoms with Crippen molar-refractivity contribution in [2.45, 2.75) is 19.3 Å². The van der Waals surface area contributed by atoms with Gasteiger partial charge < -0.3 is 15.0 Å². The molecule has 1 fully saturated rings. The predicted molar refractivity (Wildman–Crippen MR) is 82.4 cm³/mol. The quantitative estimate of drug-likeness (QED) is 0.920. The lowest BCUT2D eigenvalue weighted by atomic mass is 9.94. The second-order valence-corrected chi connectivity index (χ2v) is 6.23. The highest BCUT2D eigenvalue weighted by molar-refractivity contribution is 5.79. The summed E-state index contributed by atoms with van der Waals surface area (Å²) in [5, 5.41) is 3.37. The third-order valence-corrected chi connectivity index (χ3v) is 4.60. The van der Waals surface area contributed by atoms with Gasteiger partial charge in [0.1, 0.15) is 12.4 Å². The molecule has 0 spiro atoms. The van der Waals surface area contributed by atoms with Crippen molar-refractivity contribution < 1.29 is 9.53 Å². The molecule has 2 aliphatic rings. The summed E-state index contributed by atoms with van der Waals surface area (Å²) in [6.07, 6.45) is 3.13. The molecule has 0 aromatic heterocycles. The van der Waals surface area contributed by atoms with Crippen LogP contribution in [0.5, 0.6) is 5.75 Å². The molecule has 2 heterocycles. The Labute approximate surface area is 126 Å². The molecule has 4 nitrogen and oxygen atoms in total. The zero-order valence-corrected chi connectivity index (χ0v) is 12.7. The maximum absolute atomic E-state index is 12.6. The third-order valence-electron chi connectivity index (χ3n) is 4.60. The van der Waals surface area contributed by atoms with Gasteiger partial charge in [0.25, 0.3) is 0 Å². The van der Waals surface area contributed by atoms with Gasteiger partial charge in [-0.25, -0.2) is 0 Å². The van der Waals surface area contributed by atoms with Crippen molar-refractivity contribution in [1.82, 2.24) is 10.2 Å². The minimum absolute atomic E-state index is 0.0355. The van der Waals surface area contributed by atoms with Crippen LogP contribution < -0.4 is 10.1 Å². The molecule has 1 amide bonds. The topological polar surface area (TPSA) is 41.6 Å². The van der Waals surface area contributed by atoms with Crippen molar-refractivity contribution in [2.24, 2.45) is 11.8 Å². The van der Waals surface area contributed by atoms with Crippen LogP contribution >= 0.6 is 0 Å². The Kier molecular flexibility index (Phi) is 4.44. The molecule has 0 radical (unpaired) electrons.